The van der Waals surface area contributed by atoms with Crippen molar-refractivity contribution in [1.82, 2.24) is 15.0 Å². The lowest BCUT2D eigenvalue weighted by Crippen LogP contribution is -2.31. The lowest BCUT2D eigenvalue weighted by Gasteiger charge is -2.25. The average molecular weight is 368 g/mol. The van der Waals surface area contributed by atoms with Gasteiger partial charge in [-0.05, 0) is 31.2 Å². The highest BCUT2D eigenvalue weighted by atomic mass is 32.2. The van der Waals surface area contributed by atoms with Crippen LogP contribution in [0.3, 0.4) is 0 Å². The van der Waals surface area contributed by atoms with E-state index in [0.717, 1.165) is 25.3 Å². The van der Waals surface area contributed by atoms with Crippen LogP contribution in [-0.4, -0.2) is 39.5 Å². The standard InChI is InChI=1S/C17H19F3N4S/c1-25-13-6-2-3-8-24(11-13)15-9-14(17(18,19)20)22-16(23-15)12-5-4-7-21-10-12/h4-5,7,9-10,13H,2-3,6,8,11H2,1H3. The van der Waals surface area contributed by atoms with Crippen molar-refractivity contribution < 1.29 is 13.2 Å². The minimum atomic E-state index is -4.51. The van der Waals surface area contributed by atoms with Crippen LogP contribution in [0, 0.1) is 0 Å². The van der Waals surface area contributed by atoms with Crippen molar-refractivity contribution in [2.24, 2.45) is 0 Å². The van der Waals surface area contributed by atoms with Gasteiger partial charge in [0.15, 0.2) is 11.5 Å². The van der Waals surface area contributed by atoms with Crippen LogP contribution in [0.5, 0.6) is 0 Å². The van der Waals surface area contributed by atoms with Gasteiger partial charge >= 0.3 is 6.18 Å². The van der Waals surface area contributed by atoms with Gasteiger partial charge in [0.05, 0.1) is 0 Å². The van der Waals surface area contributed by atoms with Crippen LogP contribution in [0.4, 0.5) is 19.0 Å². The summed E-state index contributed by atoms with van der Waals surface area (Å²) >= 11 is 1.75. The van der Waals surface area contributed by atoms with Gasteiger partial charge in [0.25, 0.3) is 0 Å². The molecule has 1 aliphatic heterocycles. The molecule has 1 fully saturated rings. The van der Waals surface area contributed by atoms with Gasteiger partial charge in [0, 0.05) is 42.4 Å². The smallest absolute Gasteiger partial charge is 0.355 e. The van der Waals surface area contributed by atoms with E-state index in [1.54, 1.807) is 30.1 Å². The Morgan fingerprint density at radius 2 is 2.08 bits per heavy atom. The van der Waals surface area contributed by atoms with Crippen LogP contribution in [0.25, 0.3) is 11.4 Å². The van der Waals surface area contributed by atoms with Gasteiger partial charge < -0.3 is 4.90 Å². The van der Waals surface area contributed by atoms with Gasteiger partial charge in [-0.15, -0.1) is 0 Å². The zero-order valence-electron chi connectivity index (χ0n) is 13.8. The Labute approximate surface area is 148 Å². The van der Waals surface area contributed by atoms with E-state index in [-0.39, 0.29) is 5.82 Å². The fourth-order valence-electron chi connectivity index (χ4n) is 2.87. The molecule has 1 saturated heterocycles. The lowest BCUT2D eigenvalue weighted by atomic mass is 10.2. The minimum absolute atomic E-state index is 0.0582. The second-order valence-corrected chi connectivity index (χ2v) is 7.11. The number of pyridine rings is 1. The van der Waals surface area contributed by atoms with Gasteiger partial charge in [0.1, 0.15) is 5.82 Å². The largest absolute Gasteiger partial charge is 0.433 e. The number of thioether (sulfide) groups is 1. The Kier molecular flexibility index (Phi) is 5.46. The third kappa shape index (κ3) is 4.42. The molecule has 4 nitrogen and oxygen atoms in total. The van der Waals surface area contributed by atoms with Crippen molar-refractivity contribution >= 4 is 17.6 Å². The monoisotopic (exact) mass is 368 g/mol. The third-order valence-corrected chi connectivity index (χ3v) is 5.26. The van der Waals surface area contributed by atoms with Crippen LogP contribution >= 0.6 is 11.8 Å². The first-order valence-electron chi connectivity index (χ1n) is 8.12. The van der Waals surface area contributed by atoms with Crippen LogP contribution in [-0.2, 0) is 6.18 Å². The first-order valence-corrected chi connectivity index (χ1v) is 9.40. The summed E-state index contributed by atoms with van der Waals surface area (Å²) in [5, 5.41) is 0.397. The molecule has 0 N–H and O–H groups in total. The van der Waals surface area contributed by atoms with Crippen LogP contribution in [0.1, 0.15) is 25.0 Å². The van der Waals surface area contributed by atoms with Gasteiger partial charge in [-0.2, -0.15) is 24.9 Å². The van der Waals surface area contributed by atoms with Crippen molar-refractivity contribution in [3.05, 3.63) is 36.3 Å². The van der Waals surface area contributed by atoms with E-state index in [2.05, 4.69) is 15.0 Å². The minimum Gasteiger partial charge on any atom is -0.355 e. The molecule has 0 aromatic carbocycles. The molecule has 8 heteroatoms. The van der Waals surface area contributed by atoms with Crippen LogP contribution in [0.15, 0.2) is 30.6 Å². The average Bonchev–Trinajstić information content (AvgIpc) is 2.87. The molecule has 1 unspecified atom stereocenters. The van der Waals surface area contributed by atoms with E-state index in [1.165, 1.54) is 6.20 Å². The topological polar surface area (TPSA) is 41.9 Å². The summed E-state index contributed by atoms with van der Waals surface area (Å²) < 4.78 is 40.0. The summed E-state index contributed by atoms with van der Waals surface area (Å²) in [5.41, 5.74) is -0.438. The summed E-state index contributed by atoms with van der Waals surface area (Å²) in [5.74, 6) is 0.394. The lowest BCUT2D eigenvalue weighted by molar-refractivity contribution is -0.141. The third-order valence-electron chi connectivity index (χ3n) is 4.21. The molecule has 1 aliphatic rings. The van der Waals surface area contributed by atoms with Crippen LogP contribution < -0.4 is 4.90 Å². The maximum absolute atomic E-state index is 13.3. The fourth-order valence-corrected chi connectivity index (χ4v) is 3.60. The zero-order chi connectivity index (χ0) is 17.9. The van der Waals surface area contributed by atoms with E-state index < -0.39 is 11.9 Å². The Hall–Kier alpha value is -1.83. The fraction of sp³-hybridized carbons (Fsp3) is 0.471. The summed E-state index contributed by atoms with van der Waals surface area (Å²) in [4.78, 5) is 14.0. The highest BCUT2D eigenvalue weighted by Crippen LogP contribution is 2.32. The molecule has 3 heterocycles. The molecular formula is C17H19F3N4S. The van der Waals surface area contributed by atoms with Crippen molar-refractivity contribution in [2.45, 2.75) is 30.7 Å². The van der Waals surface area contributed by atoms with E-state index >= 15 is 0 Å². The Morgan fingerprint density at radius 1 is 1.24 bits per heavy atom. The van der Waals surface area contributed by atoms with E-state index in [4.69, 9.17) is 0 Å². The summed E-state index contributed by atoms with van der Waals surface area (Å²) in [6.45, 7) is 1.40. The molecule has 25 heavy (non-hydrogen) atoms. The number of aromatic nitrogens is 3. The molecule has 0 amide bonds. The molecule has 3 rings (SSSR count). The number of hydrogen-bond donors (Lipinski definition) is 0. The molecule has 134 valence electrons. The molecule has 0 aliphatic carbocycles. The van der Waals surface area contributed by atoms with Crippen LogP contribution in [0.2, 0.25) is 0 Å². The van der Waals surface area contributed by atoms with Gasteiger partial charge in [-0.25, -0.2) is 9.97 Å². The molecule has 0 saturated carbocycles. The van der Waals surface area contributed by atoms with Gasteiger partial charge in [0.2, 0.25) is 0 Å². The van der Waals surface area contributed by atoms with Crippen molar-refractivity contribution in [1.29, 1.82) is 0 Å². The molecule has 2 aromatic rings. The molecular weight excluding hydrogens is 349 g/mol. The maximum atomic E-state index is 13.3. The number of halogens is 3. The van der Waals surface area contributed by atoms with E-state index in [0.29, 0.717) is 29.7 Å². The highest BCUT2D eigenvalue weighted by molar-refractivity contribution is 7.99. The molecule has 1 atom stereocenters. The summed E-state index contributed by atoms with van der Waals surface area (Å²) in [6.07, 6.45) is 3.67. The number of rotatable bonds is 3. The SMILES string of the molecule is CSC1CCCCN(c2cc(C(F)(F)F)nc(-c3cccnc3)n2)C1. The second kappa shape index (κ2) is 7.59. The Balaban J connectivity index is 2.03. The molecule has 0 radical (unpaired) electrons. The van der Waals surface area contributed by atoms with Gasteiger partial charge in [-0.1, -0.05) is 6.42 Å². The Morgan fingerprint density at radius 3 is 2.76 bits per heavy atom. The second-order valence-electron chi connectivity index (χ2n) is 5.97. The maximum Gasteiger partial charge on any atom is 0.433 e. The first kappa shape index (κ1) is 18.0. The van der Waals surface area contributed by atoms with Crippen molar-refractivity contribution in [3.8, 4) is 11.4 Å². The molecule has 0 spiro atoms. The predicted octanol–water partition coefficient (Wildman–Crippen LogP) is 4.28. The molecule has 2 aromatic heterocycles. The molecule has 0 bridgehead atoms. The summed E-state index contributed by atoms with van der Waals surface area (Å²) in [6, 6.07) is 4.39. The van der Waals surface area contributed by atoms with Crippen molar-refractivity contribution in [2.75, 3.05) is 24.2 Å². The van der Waals surface area contributed by atoms with Gasteiger partial charge in [-0.3, -0.25) is 4.98 Å². The Bertz CT molecular complexity index is 709. The number of alkyl halides is 3. The highest BCUT2D eigenvalue weighted by Gasteiger charge is 2.34. The summed E-state index contributed by atoms with van der Waals surface area (Å²) in [7, 11) is 0. The number of nitrogens with zero attached hydrogens (tertiary/aromatic N) is 4. The number of hydrogen-bond acceptors (Lipinski definition) is 5. The quantitative estimate of drug-likeness (QED) is 0.809. The zero-order valence-corrected chi connectivity index (χ0v) is 14.6. The van der Waals surface area contributed by atoms with E-state index in [1.807, 2.05) is 11.2 Å². The normalized spacial score (nSPS) is 18.9. The van der Waals surface area contributed by atoms with Crippen molar-refractivity contribution in [3.63, 3.8) is 0 Å². The number of anilines is 1. The first-order chi connectivity index (χ1) is 12.0. The predicted molar refractivity (Wildman–Crippen MR) is 93.6 cm³/mol. The van der Waals surface area contributed by atoms with E-state index in [9.17, 15) is 13.2 Å².